The fourth-order valence-corrected chi connectivity index (χ4v) is 2.41. The number of methoxy groups -OCH3 is 1. The maximum Gasteiger partial charge on any atom is 0.188 e. The van der Waals surface area contributed by atoms with Crippen molar-refractivity contribution in [1.29, 1.82) is 0 Å². The van der Waals surface area contributed by atoms with E-state index in [0.29, 0.717) is 39.9 Å². The Hall–Kier alpha value is -3.51. The van der Waals surface area contributed by atoms with E-state index in [-0.39, 0.29) is 12.4 Å². The minimum Gasteiger partial charge on any atom is -0.457 e. The first-order chi connectivity index (χ1) is 13.0. The molecule has 6 nitrogen and oxygen atoms in total. The summed E-state index contributed by atoms with van der Waals surface area (Å²) in [6.45, 7) is -0.0351. The van der Waals surface area contributed by atoms with E-state index in [0.717, 1.165) is 0 Å². The van der Waals surface area contributed by atoms with Crippen molar-refractivity contribution < 1.29 is 19.0 Å². The molecule has 3 aromatic carbocycles. The van der Waals surface area contributed by atoms with Gasteiger partial charge in [-0.05, 0) is 60.7 Å². The molecule has 138 valence electrons. The minimum absolute atomic E-state index is 0.0351. The third-order valence-corrected chi connectivity index (χ3v) is 3.71. The third-order valence-electron chi connectivity index (χ3n) is 3.71. The Bertz CT molecular complexity index is 856. The molecule has 3 aromatic rings. The van der Waals surface area contributed by atoms with Crippen LogP contribution in [0.4, 0.5) is 11.4 Å². The zero-order chi connectivity index (χ0) is 19.2. The van der Waals surface area contributed by atoms with Crippen LogP contribution in [-0.4, -0.2) is 19.5 Å². The molecule has 0 bridgehead atoms. The predicted molar refractivity (Wildman–Crippen MR) is 105 cm³/mol. The number of benzene rings is 3. The molecule has 0 radical (unpaired) electrons. The van der Waals surface area contributed by atoms with Crippen LogP contribution in [0.15, 0.2) is 66.7 Å². The lowest BCUT2D eigenvalue weighted by Gasteiger charge is -2.12. The summed E-state index contributed by atoms with van der Waals surface area (Å²) >= 11 is 0. The highest BCUT2D eigenvalue weighted by atomic mass is 16.5. The zero-order valence-corrected chi connectivity index (χ0v) is 14.8. The summed E-state index contributed by atoms with van der Waals surface area (Å²) in [4.78, 5) is 12.3. The van der Waals surface area contributed by atoms with Crippen molar-refractivity contribution >= 4 is 17.2 Å². The summed E-state index contributed by atoms with van der Waals surface area (Å²) in [6.07, 6.45) is 0. The summed E-state index contributed by atoms with van der Waals surface area (Å²) in [5.41, 5.74) is 13.1. The van der Waals surface area contributed by atoms with Gasteiger partial charge in [0.15, 0.2) is 5.78 Å². The second-order valence-corrected chi connectivity index (χ2v) is 5.89. The summed E-state index contributed by atoms with van der Waals surface area (Å²) in [7, 11) is 1.47. The van der Waals surface area contributed by atoms with E-state index >= 15 is 0 Å². The third kappa shape index (κ3) is 4.99. The molecule has 0 spiro atoms. The quantitative estimate of drug-likeness (QED) is 0.480. The van der Waals surface area contributed by atoms with Gasteiger partial charge in [-0.1, -0.05) is 0 Å². The number of rotatable bonds is 7. The van der Waals surface area contributed by atoms with Crippen LogP contribution >= 0.6 is 0 Å². The molecule has 0 amide bonds. The molecule has 6 heteroatoms. The van der Waals surface area contributed by atoms with E-state index in [1.54, 1.807) is 66.7 Å². The monoisotopic (exact) mass is 364 g/mol. The number of hydrogen-bond donors (Lipinski definition) is 2. The number of hydrogen-bond acceptors (Lipinski definition) is 6. The summed E-state index contributed by atoms with van der Waals surface area (Å²) in [6, 6.07) is 18.9. The molecule has 27 heavy (non-hydrogen) atoms. The Morgan fingerprint density at radius 1 is 0.741 bits per heavy atom. The molecular weight excluding hydrogens is 344 g/mol. The van der Waals surface area contributed by atoms with Crippen molar-refractivity contribution in [2.75, 3.05) is 25.2 Å². The number of carbonyl (C=O) groups is 1. The number of Topliss-reactive ketones (excluding diaryl/α,β-unsaturated/α-hetero) is 1. The molecule has 0 heterocycles. The first-order valence-electron chi connectivity index (χ1n) is 8.27. The van der Waals surface area contributed by atoms with Crippen molar-refractivity contribution in [3.05, 3.63) is 72.3 Å². The first-order valence-corrected chi connectivity index (χ1v) is 8.27. The van der Waals surface area contributed by atoms with Crippen molar-refractivity contribution in [3.63, 3.8) is 0 Å². The standard InChI is InChI=1S/C21H20N2O4/c1-25-13-21(24)14-10-19(26-17-6-2-15(22)3-7-17)12-20(11-14)27-18-8-4-16(23)5-9-18/h2-12H,13,22-23H2,1H3. The van der Waals surface area contributed by atoms with Crippen LogP contribution in [0.3, 0.4) is 0 Å². The van der Waals surface area contributed by atoms with E-state index in [1.807, 2.05) is 0 Å². The number of nitrogens with two attached hydrogens (primary N) is 2. The summed E-state index contributed by atoms with van der Waals surface area (Å²) in [5.74, 6) is 1.94. The molecule has 0 aliphatic heterocycles. The van der Waals surface area contributed by atoms with Crippen molar-refractivity contribution in [3.8, 4) is 23.0 Å². The highest BCUT2D eigenvalue weighted by molar-refractivity contribution is 5.97. The zero-order valence-electron chi connectivity index (χ0n) is 14.8. The molecule has 4 N–H and O–H groups in total. The Labute approximate surface area is 157 Å². The summed E-state index contributed by atoms with van der Waals surface area (Å²) < 4.78 is 16.6. The minimum atomic E-state index is -0.178. The maximum atomic E-state index is 12.3. The molecular formula is C21H20N2O4. The normalized spacial score (nSPS) is 10.4. The lowest BCUT2D eigenvalue weighted by atomic mass is 10.1. The highest BCUT2D eigenvalue weighted by Gasteiger charge is 2.12. The van der Waals surface area contributed by atoms with Gasteiger partial charge >= 0.3 is 0 Å². The van der Waals surface area contributed by atoms with Crippen LogP contribution in [-0.2, 0) is 4.74 Å². The molecule has 0 unspecified atom stereocenters. The fraction of sp³-hybridized carbons (Fsp3) is 0.0952. The van der Waals surface area contributed by atoms with Crippen LogP contribution in [0.1, 0.15) is 10.4 Å². The van der Waals surface area contributed by atoms with E-state index in [4.69, 9.17) is 25.7 Å². The smallest absolute Gasteiger partial charge is 0.188 e. The highest BCUT2D eigenvalue weighted by Crippen LogP contribution is 2.31. The van der Waals surface area contributed by atoms with Gasteiger partial charge in [0.05, 0.1) is 0 Å². The van der Waals surface area contributed by atoms with Gasteiger partial charge in [0, 0.05) is 30.1 Å². The van der Waals surface area contributed by atoms with E-state index in [1.165, 1.54) is 7.11 Å². The number of ketones is 1. The molecule has 3 rings (SSSR count). The Morgan fingerprint density at radius 2 is 1.19 bits per heavy atom. The van der Waals surface area contributed by atoms with Gasteiger partial charge in [-0.3, -0.25) is 4.79 Å². The molecule has 0 aromatic heterocycles. The Balaban J connectivity index is 1.91. The molecule has 0 saturated carbocycles. The van der Waals surface area contributed by atoms with E-state index < -0.39 is 0 Å². The van der Waals surface area contributed by atoms with Gasteiger partial charge < -0.3 is 25.7 Å². The first kappa shape index (κ1) is 18.3. The van der Waals surface area contributed by atoms with Gasteiger partial charge in [0.25, 0.3) is 0 Å². The number of ether oxygens (including phenoxy) is 3. The van der Waals surface area contributed by atoms with Crippen molar-refractivity contribution in [1.82, 2.24) is 0 Å². The number of anilines is 2. The predicted octanol–water partition coefficient (Wildman–Crippen LogP) is 4.26. The molecule has 0 atom stereocenters. The molecule has 0 fully saturated rings. The van der Waals surface area contributed by atoms with Crippen LogP contribution in [0.2, 0.25) is 0 Å². The Kier molecular flexibility index (Phi) is 5.58. The van der Waals surface area contributed by atoms with E-state index in [2.05, 4.69) is 0 Å². The number of nitrogen functional groups attached to an aromatic ring is 2. The van der Waals surface area contributed by atoms with Crippen LogP contribution in [0, 0.1) is 0 Å². The SMILES string of the molecule is COCC(=O)c1cc(Oc2ccc(N)cc2)cc(Oc2ccc(N)cc2)c1. The van der Waals surface area contributed by atoms with Crippen molar-refractivity contribution in [2.24, 2.45) is 0 Å². The second-order valence-electron chi connectivity index (χ2n) is 5.89. The molecule has 0 saturated heterocycles. The van der Waals surface area contributed by atoms with Crippen LogP contribution in [0.5, 0.6) is 23.0 Å². The Morgan fingerprint density at radius 3 is 1.59 bits per heavy atom. The molecule has 0 aliphatic rings. The van der Waals surface area contributed by atoms with Crippen LogP contribution < -0.4 is 20.9 Å². The van der Waals surface area contributed by atoms with Crippen LogP contribution in [0.25, 0.3) is 0 Å². The average molecular weight is 364 g/mol. The lowest BCUT2D eigenvalue weighted by molar-refractivity contribution is 0.0847. The van der Waals surface area contributed by atoms with Crippen molar-refractivity contribution in [2.45, 2.75) is 0 Å². The average Bonchev–Trinajstić information content (AvgIpc) is 2.65. The van der Waals surface area contributed by atoms with Gasteiger partial charge in [0.1, 0.15) is 29.6 Å². The second kappa shape index (κ2) is 8.25. The maximum absolute atomic E-state index is 12.3. The van der Waals surface area contributed by atoms with E-state index in [9.17, 15) is 4.79 Å². The van der Waals surface area contributed by atoms with Gasteiger partial charge in [-0.15, -0.1) is 0 Å². The van der Waals surface area contributed by atoms with Gasteiger partial charge in [0.2, 0.25) is 0 Å². The lowest BCUT2D eigenvalue weighted by Crippen LogP contribution is -2.07. The largest absolute Gasteiger partial charge is 0.457 e. The van der Waals surface area contributed by atoms with Gasteiger partial charge in [-0.2, -0.15) is 0 Å². The number of carbonyl (C=O) groups excluding carboxylic acids is 1. The topological polar surface area (TPSA) is 96.8 Å². The fourth-order valence-electron chi connectivity index (χ4n) is 2.41. The summed E-state index contributed by atoms with van der Waals surface area (Å²) in [5, 5.41) is 0. The molecule has 0 aliphatic carbocycles. The van der Waals surface area contributed by atoms with Gasteiger partial charge in [-0.25, -0.2) is 0 Å².